The molecule has 0 radical (unpaired) electrons. The van der Waals surface area contributed by atoms with Crippen LogP contribution in [-0.2, 0) is 13.0 Å². The van der Waals surface area contributed by atoms with Gasteiger partial charge in [0.1, 0.15) is 5.75 Å². The minimum Gasteiger partial charge on any atom is -0.484 e. The topological polar surface area (TPSA) is 60.2 Å². The van der Waals surface area contributed by atoms with Crippen molar-refractivity contribution in [3.05, 3.63) is 41.1 Å². The lowest BCUT2D eigenvalue weighted by molar-refractivity contribution is 0.259. The predicted octanol–water partition coefficient (Wildman–Crippen LogP) is 2.45. The number of hydrogen-bond acceptors (Lipinski definition) is 5. The van der Waals surface area contributed by atoms with Gasteiger partial charge in [-0.3, -0.25) is 0 Å². The zero-order valence-electron chi connectivity index (χ0n) is 10.7. The molecule has 0 aliphatic carbocycles. The van der Waals surface area contributed by atoms with Crippen LogP contribution < -0.4 is 10.1 Å². The standard InChI is InChI=1S/C13H16ClN3O2/c1-2-15-8-7-12-16-17-13(19-12)9-18-11-5-3-10(14)4-6-11/h3-6,15H,2,7-9H2,1H3. The molecule has 0 saturated heterocycles. The first kappa shape index (κ1) is 13.8. The van der Waals surface area contributed by atoms with E-state index in [1.165, 1.54) is 0 Å². The molecule has 0 fully saturated rings. The Balaban J connectivity index is 1.81. The van der Waals surface area contributed by atoms with E-state index in [4.69, 9.17) is 20.8 Å². The lowest BCUT2D eigenvalue weighted by atomic mass is 10.3. The molecule has 0 aliphatic rings. The van der Waals surface area contributed by atoms with Gasteiger partial charge in [0, 0.05) is 18.0 Å². The van der Waals surface area contributed by atoms with E-state index in [2.05, 4.69) is 22.4 Å². The van der Waals surface area contributed by atoms with Gasteiger partial charge in [0.15, 0.2) is 6.61 Å². The SMILES string of the molecule is CCNCCc1nnc(COc2ccc(Cl)cc2)o1. The first-order valence-electron chi connectivity index (χ1n) is 6.18. The van der Waals surface area contributed by atoms with E-state index in [1.807, 2.05) is 0 Å². The highest BCUT2D eigenvalue weighted by molar-refractivity contribution is 6.30. The Morgan fingerprint density at radius 1 is 1.21 bits per heavy atom. The number of nitrogens with zero attached hydrogens (tertiary/aromatic N) is 2. The molecule has 102 valence electrons. The molecular formula is C13H16ClN3O2. The Morgan fingerprint density at radius 2 is 1.95 bits per heavy atom. The van der Waals surface area contributed by atoms with Crippen molar-refractivity contribution >= 4 is 11.6 Å². The summed E-state index contributed by atoms with van der Waals surface area (Å²) in [7, 11) is 0. The maximum atomic E-state index is 5.79. The molecule has 2 rings (SSSR count). The number of likely N-dealkylation sites (N-methyl/N-ethyl adjacent to an activating group) is 1. The minimum atomic E-state index is 0.260. The normalized spacial score (nSPS) is 10.6. The molecule has 19 heavy (non-hydrogen) atoms. The van der Waals surface area contributed by atoms with Crippen LogP contribution >= 0.6 is 11.6 Å². The minimum absolute atomic E-state index is 0.260. The number of aromatic nitrogens is 2. The Bertz CT molecular complexity index is 499. The highest BCUT2D eigenvalue weighted by Gasteiger charge is 2.06. The van der Waals surface area contributed by atoms with Crippen molar-refractivity contribution in [3.8, 4) is 5.75 Å². The average molecular weight is 282 g/mol. The van der Waals surface area contributed by atoms with Gasteiger partial charge >= 0.3 is 0 Å². The highest BCUT2D eigenvalue weighted by Crippen LogP contribution is 2.16. The van der Waals surface area contributed by atoms with Gasteiger partial charge in [-0.05, 0) is 30.8 Å². The van der Waals surface area contributed by atoms with Gasteiger partial charge in [-0.15, -0.1) is 10.2 Å². The second kappa shape index (κ2) is 7.11. The van der Waals surface area contributed by atoms with Gasteiger partial charge in [-0.2, -0.15) is 0 Å². The molecule has 0 atom stereocenters. The van der Waals surface area contributed by atoms with Crippen LogP contribution in [0.25, 0.3) is 0 Å². The average Bonchev–Trinajstić information content (AvgIpc) is 2.86. The third-order valence-corrected chi connectivity index (χ3v) is 2.70. The van der Waals surface area contributed by atoms with Gasteiger partial charge < -0.3 is 14.5 Å². The summed E-state index contributed by atoms with van der Waals surface area (Å²) in [5.74, 6) is 1.81. The van der Waals surface area contributed by atoms with E-state index in [-0.39, 0.29) is 6.61 Å². The molecule has 6 heteroatoms. The molecule has 1 aromatic carbocycles. The van der Waals surface area contributed by atoms with E-state index in [0.29, 0.717) is 16.8 Å². The van der Waals surface area contributed by atoms with Crippen LogP contribution in [0.5, 0.6) is 5.75 Å². The van der Waals surface area contributed by atoms with Crippen molar-refractivity contribution in [2.45, 2.75) is 20.0 Å². The third-order valence-electron chi connectivity index (χ3n) is 2.45. The maximum absolute atomic E-state index is 5.79. The van der Waals surface area contributed by atoms with E-state index in [9.17, 15) is 0 Å². The fraction of sp³-hybridized carbons (Fsp3) is 0.385. The van der Waals surface area contributed by atoms with E-state index in [0.717, 1.165) is 25.3 Å². The van der Waals surface area contributed by atoms with Crippen LogP contribution in [0.4, 0.5) is 0 Å². The smallest absolute Gasteiger partial charge is 0.253 e. The number of nitrogens with one attached hydrogen (secondary N) is 1. The summed E-state index contributed by atoms with van der Waals surface area (Å²) >= 11 is 5.79. The maximum Gasteiger partial charge on any atom is 0.253 e. The number of ether oxygens (including phenoxy) is 1. The summed E-state index contributed by atoms with van der Waals surface area (Å²) in [6, 6.07) is 7.13. The molecule has 1 aromatic heterocycles. The summed E-state index contributed by atoms with van der Waals surface area (Å²) in [6.45, 7) is 4.08. The molecule has 2 aromatic rings. The lowest BCUT2D eigenvalue weighted by Crippen LogP contribution is -2.16. The van der Waals surface area contributed by atoms with Crippen molar-refractivity contribution < 1.29 is 9.15 Å². The Kier molecular flexibility index (Phi) is 5.18. The van der Waals surface area contributed by atoms with Crippen LogP contribution in [0.3, 0.4) is 0 Å². The van der Waals surface area contributed by atoms with Crippen LogP contribution in [0.1, 0.15) is 18.7 Å². The first-order valence-corrected chi connectivity index (χ1v) is 6.56. The Labute approximate surface area is 116 Å². The number of rotatable bonds is 7. The van der Waals surface area contributed by atoms with Gasteiger partial charge in [-0.25, -0.2) is 0 Å². The number of hydrogen-bond donors (Lipinski definition) is 1. The molecule has 5 nitrogen and oxygen atoms in total. The molecule has 0 amide bonds. The zero-order chi connectivity index (χ0) is 13.5. The number of benzene rings is 1. The lowest BCUT2D eigenvalue weighted by Gasteiger charge is -2.02. The molecule has 1 heterocycles. The van der Waals surface area contributed by atoms with Crippen LogP contribution in [0.2, 0.25) is 5.02 Å². The summed E-state index contributed by atoms with van der Waals surface area (Å²) in [4.78, 5) is 0. The van der Waals surface area contributed by atoms with Crippen LogP contribution in [0, 0.1) is 0 Å². The molecule has 0 aliphatic heterocycles. The molecule has 0 bridgehead atoms. The molecular weight excluding hydrogens is 266 g/mol. The summed E-state index contributed by atoms with van der Waals surface area (Å²) in [5, 5.41) is 11.8. The quantitative estimate of drug-likeness (QED) is 0.790. The fourth-order valence-corrected chi connectivity index (χ4v) is 1.62. The van der Waals surface area contributed by atoms with Gasteiger partial charge in [0.25, 0.3) is 5.89 Å². The molecule has 0 spiro atoms. The Morgan fingerprint density at radius 3 is 2.68 bits per heavy atom. The van der Waals surface area contributed by atoms with Crippen molar-refractivity contribution in [3.63, 3.8) is 0 Å². The van der Waals surface area contributed by atoms with Gasteiger partial charge in [0.2, 0.25) is 5.89 Å². The molecule has 1 N–H and O–H groups in total. The number of halogens is 1. The second-order valence-corrected chi connectivity index (χ2v) is 4.37. The third kappa shape index (κ3) is 4.54. The van der Waals surface area contributed by atoms with Crippen molar-refractivity contribution in [2.75, 3.05) is 13.1 Å². The van der Waals surface area contributed by atoms with E-state index in [1.54, 1.807) is 24.3 Å². The largest absolute Gasteiger partial charge is 0.484 e. The monoisotopic (exact) mass is 281 g/mol. The molecule has 0 saturated carbocycles. The first-order chi connectivity index (χ1) is 9.28. The van der Waals surface area contributed by atoms with Crippen molar-refractivity contribution in [2.24, 2.45) is 0 Å². The highest BCUT2D eigenvalue weighted by atomic mass is 35.5. The Hall–Kier alpha value is -1.59. The van der Waals surface area contributed by atoms with Gasteiger partial charge in [0.05, 0.1) is 0 Å². The summed E-state index contributed by atoms with van der Waals surface area (Å²) < 4.78 is 11.0. The van der Waals surface area contributed by atoms with Crippen LogP contribution in [0.15, 0.2) is 28.7 Å². The summed E-state index contributed by atoms with van der Waals surface area (Å²) in [6.07, 6.45) is 0.724. The van der Waals surface area contributed by atoms with E-state index >= 15 is 0 Å². The molecule has 0 unspecified atom stereocenters. The fourth-order valence-electron chi connectivity index (χ4n) is 1.50. The predicted molar refractivity (Wildman–Crippen MR) is 72.3 cm³/mol. The second-order valence-electron chi connectivity index (χ2n) is 3.94. The van der Waals surface area contributed by atoms with Crippen molar-refractivity contribution in [1.82, 2.24) is 15.5 Å². The summed E-state index contributed by atoms with van der Waals surface area (Å²) in [5.41, 5.74) is 0. The van der Waals surface area contributed by atoms with Crippen LogP contribution in [-0.4, -0.2) is 23.3 Å². The van der Waals surface area contributed by atoms with Gasteiger partial charge in [-0.1, -0.05) is 18.5 Å². The van der Waals surface area contributed by atoms with Crippen molar-refractivity contribution in [1.29, 1.82) is 0 Å². The zero-order valence-corrected chi connectivity index (χ0v) is 11.5. The van der Waals surface area contributed by atoms with E-state index < -0.39 is 0 Å².